The molecule has 2 aliphatic heterocycles. The van der Waals surface area contributed by atoms with Crippen molar-refractivity contribution in [2.24, 2.45) is 0 Å². The first-order chi connectivity index (χ1) is 21.6. The average Bonchev–Trinajstić information content (AvgIpc) is 3.33. The number of benzene rings is 3. The molecule has 2 heterocycles. The fourth-order valence-electron chi connectivity index (χ4n) is 7.10. The average molecular weight is 657 g/mol. The number of hydrogen-bond donors (Lipinski definition) is 1. The Kier molecular flexibility index (Phi) is 9.47. The van der Waals surface area contributed by atoms with Crippen LogP contribution in [0, 0.1) is 6.92 Å². The Labute approximate surface area is 280 Å². The quantitative estimate of drug-likeness (QED) is 0.284. The lowest BCUT2D eigenvalue weighted by atomic mass is 9.80. The van der Waals surface area contributed by atoms with Crippen LogP contribution in [0.3, 0.4) is 0 Å². The molecular formula is C39H45ClN2O3S. The Morgan fingerprint density at radius 3 is 2.07 bits per heavy atom. The van der Waals surface area contributed by atoms with Crippen LogP contribution in [0.5, 0.6) is 0 Å². The van der Waals surface area contributed by atoms with Crippen molar-refractivity contribution in [2.45, 2.75) is 75.6 Å². The molecule has 1 aliphatic carbocycles. The number of nitrogens with zero attached hydrogens (tertiary/aromatic N) is 2. The maximum absolute atomic E-state index is 10.5. The molecule has 46 heavy (non-hydrogen) atoms. The number of likely N-dealkylation sites (N-methyl/N-ethyl adjacent to an activating group) is 2. The number of allylic oxidation sites excluding steroid dienone is 7. The molecule has 3 aromatic rings. The highest BCUT2D eigenvalue weighted by Crippen LogP contribution is 2.47. The molecule has 1 unspecified atom stereocenters. The molecular weight excluding hydrogens is 612 g/mol. The van der Waals surface area contributed by atoms with Gasteiger partial charge >= 0.3 is 0 Å². The van der Waals surface area contributed by atoms with E-state index in [2.05, 4.69) is 124 Å². The Morgan fingerprint density at radius 2 is 1.46 bits per heavy atom. The summed E-state index contributed by atoms with van der Waals surface area (Å²) in [6, 6.07) is 23.8. The SMILES string of the molecule is CN1C(=CC=C2CCCC(C=CC3N(C)c4ccccc4C3(C)C)=C2Cl)C(C)(C)c2ccccc21.Cc1ccc(S(=O)(=O)O)cc1. The predicted octanol–water partition coefficient (Wildman–Crippen LogP) is 9.50. The highest BCUT2D eigenvalue weighted by Gasteiger charge is 2.41. The summed E-state index contributed by atoms with van der Waals surface area (Å²) in [6.07, 6.45) is 12.4. The third-order valence-electron chi connectivity index (χ3n) is 9.77. The number of halogens is 1. The minimum atomic E-state index is -4.02. The van der Waals surface area contributed by atoms with Crippen molar-refractivity contribution in [3.63, 3.8) is 0 Å². The summed E-state index contributed by atoms with van der Waals surface area (Å²) in [5.74, 6) is 0. The van der Waals surface area contributed by atoms with E-state index in [-0.39, 0.29) is 15.7 Å². The van der Waals surface area contributed by atoms with Gasteiger partial charge in [-0.2, -0.15) is 8.42 Å². The van der Waals surface area contributed by atoms with E-state index in [1.807, 2.05) is 6.92 Å². The van der Waals surface area contributed by atoms with Gasteiger partial charge in [0.05, 0.1) is 10.9 Å². The Balaban J connectivity index is 0.000000322. The van der Waals surface area contributed by atoms with E-state index in [1.165, 1.54) is 51.5 Å². The van der Waals surface area contributed by atoms with Gasteiger partial charge in [-0.05, 0) is 78.8 Å². The third-order valence-corrected chi connectivity index (χ3v) is 11.1. The number of fused-ring (bicyclic) bond motifs is 2. The van der Waals surface area contributed by atoms with Gasteiger partial charge in [0.2, 0.25) is 0 Å². The van der Waals surface area contributed by atoms with Gasteiger partial charge in [0.1, 0.15) is 0 Å². The van der Waals surface area contributed by atoms with Crippen LogP contribution in [0.1, 0.15) is 63.6 Å². The number of rotatable bonds is 4. The van der Waals surface area contributed by atoms with Crippen LogP contribution in [-0.2, 0) is 20.9 Å². The van der Waals surface area contributed by atoms with Crippen molar-refractivity contribution in [3.05, 3.63) is 136 Å². The molecule has 6 rings (SSSR count). The molecule has 0 fully saturated rings. The molecule has 0 saturated carbocycles. The highest BCUT2D eigenvalue weighted by atomic mass is 35.5. The second kappa shape index (κ2) is 12.9. The standard InChI is InChI=1S/C32H37ClN2.C7H8O3S/c1-31(2)24-14-7-9-16-26(24)34(5)28(31)20-18-22-12-11-13-23(30(22)33)19-21-29-32(3,4)25-15-8-10-17-27(25)35(29)6;1-6-2-4-7(5-3-6)11(8,9)10/h7-10,14-21,28H,11-13H2,1-6H3;2-5H,1H3,(H,8,9,10). The minimum absolute atomic E-state index is 0.0242. The van der Waals surface area contributed by atoms with E-state index < -0.39 is 10.1 Å². The summed E-state index contributed by atoms with van der Waals surface area (Å²) >= 11 is 7.02. The Hall–Kier alpha value is -3.58. The van der Waals surface area contributed by atoms with Crippen LogP contribution in [0.25, 0.3) is 0 Å². The van der Waals surface area contributed by atoms with Crippen LogP contribution in [0.15, 0.2) is 124 Å². The smallest absolute Gasteiger partial charge is 0.294 e. The molecule has 1 atom stereocenters. The molecule has 7 heteroatoms. The molecule has 0 saturated heterocycles. The van der Waals surface area contributed by atoms with Gasteiger partial charge < -0.3 is 9.80 Å². The van der Waals surface area contributed by atoms with E-state index in [4.69, 9.17) is 16.2 Å². The number of anilines is 2. The molecule has 5 nitrogen and oxygen atoms in total. The van der Waals surface area contributed by atoms with Crippen LogP contribution in [-0.4, -0.2) is 33.1 Å². The van der Waals surface area contributed by atoms with Crippen LogP contribution in [0.2, 0.25) is 0 Å². The number of hydrogen-bond acceptors (Lipinski definition) is 4. The normalized spacial score (nSPS) is 21.9. The minimum Gasteiger partial charge on any atom is -0.367 e. The Bertz CT molecular complexity index is 1850. The fraction of sp³-hybridized carbons (Fsp3) is 0.333. The fourth-order valence-corrected chi connectivity index (χ4v) is 7.89. The molecule has 0 aromatic heterocycles. The van der Waals surface area contributed by atoms with E-state index in [0.29, 0.717) is 6.04 Å². The van der Waals surface area contributed by atoms with Gasteiger partial charge in [0.25, 0.3) is 10.1 Å². The summed E-state index contributed by atoms with van der Waals surface area (Å²) in [4.78, 5) is 4.66. The van der Waals surface area contributed by atoms with Gasteiger partial charge in [0.15, 0.2) is 0 Å². The maximum Gasteiger partial charge on any atom is 0.294 e. The number of aryl methyl sites for hydroxylation is 1. The van der Waals surface area contributed by atoms with E-state index in [1.54, 1.807) is 12.1 Å². The van der Waals surface area contributed by atoms with Crippen molar-refractivity contribution in [2.75, 3.05) is 23.9 Å². The van der Waals surface area contributed by atoms with Crippen LogP contribution in [0.4, 0.5) is 11.4 Å². The van der Waals surface area contributed by atoms with E-state index in [0.717, 1.165) is 29.9 Å². The van der Waals surface area contributed by atoms with Crippen LogP contribution >= 0.6 is 11.6 Å². The summed E-state index contributed by atoms with van der Waals surface area (Å²) in [5.41, 5.74) is 10.2. The Morgan fingerprint density at radius 1 is 0.848 bits per heavy atom. The number of para-hydroxylation sites is 2. The largest absolute Gasteiger partial charge is 0.367 e. The highest BCUT2D eigenvalue weighted by molar-refractivity contribution is 7.85. The molecule has 0 bridgehead atoms. The zero-order valence-electron chi connectivity index (χ0n) is 27.9. The van der Waals surface area contributed by atoms with Crippen molar-refractivity contribution >= 4 is 33.1 Å². The molecule has 3 aromatic carbocycles. The van der Waals surface area contributed by atoms with E-state index >= 15 is 0 Å². The maximum atomic E-state index is 10.5. The van der Waals surface area contributed by atoms with Gasteiger partial charge in [-0.1, -0.05) is 112 Å². The first-order valence-electron chi connectivity index (χ1n) is 15.8. The monoisotopic (exact) mass is 656 g/mol. The lowest BCUT2D eigenvalue weighted by Gasteiger charge is -2.30. The molecule has 0 spiro atoms. The zero-order chi connectivity index (χ0) is 33.4. The van der Waals surface area contributed by atoms with Crippen molar-refractivity contribution < 1.29 is 13.0 Å². The third kappa shape index (κ3) is 6.48. The summed E-state index contributed by atoms with van der Waals surface area (Å²) < 4.78 is 29.6. The molecule has 1 N–H and O–H groups in total. The summed E-state index contributed by atoms with van der Waals surface area (Å²) in [6.45, 7) is 11.1. The van der Waals surface area contributed by atoms with Crippen molar-refractivity contribution in [1.29, 1.82) is 0 Å². The topological polar surface area (TPSA) is 60.9 Å². The first-order valence-corrected chi connectivity index (χ1v) is 17.6. The molecule has 0 radical (unpaired) electrons. The zero-order valence-corrected chi connectivity index (χ0v) is 29.5. The van der Waals surface area contributed by atoms with E-state index in [9.17, 15) is 8.42 Å². The van der Waals surface area contributed by atoms with Crippen molar-refractivity contribution in [3.8, 4) is 0 Å². The van der Waals surface area contributed by atoms with Gasteiger partial charge in [-0.15, -0.1) is 0 Å². The van der Waals surface area contributed by atoms with Gasteiger partial charge in [-0.3, -0.25) is 4.55 Å². The molecule has 3 aliphatic rings. The lowest BCUT2D eigenvalue weighted by molar-refractivity contribution is 0.483. The lowest BCUT2D eigenvalue weighted by Crippen LogP contribution is -2.37. The first kappa shape index (κ1) is 33.8. The summed E-state index contributed by atoms with van der Waals surface area (Å²) in [5, 5.41) is 0.927. The van der Waals surface area contributed by atoms with Gasteiger partial charge in [-0.25, -0.2) is 0 Å². The van der Waals surface area contributed by atoms with Gasteiger partial charge in [0, 0.05) is 47.0 Å². The molecule has 242 valence electrons. The predicted molar refractivity (Wildman–Crippen MR) is 193 cm³/mol. The second-order valence-corrected chi connectivity index (χ2v) is 15.4. The second-order valence-electron chi connectivity index (χ2n) is 13.6. The molecule has 0 amide bonds. The summed E-state index contributed by atoms with van der Waals surface area (Å²) in [7, 11) is 0.353. The van der Waals surface area contributed by atoms with Crippen molar-refractivity contribution in [1.82, 2.24) is 0 Å². The van der Waals surface area contributed by atoms with Crippen LogP contribution < -0.4 is 9.80 Å².